The summed E-state index contributed by atoms with van der Waals surface area (Å²) in [4.78, 5) is 12.9. The van der Waals surface area contributed by atoms with Crippen LogP contribution in [0.3, 0.4) is 0 Å². The third-order valence-electron chi connectivity index (χ3n) is 2.97. The van der Waals surface area contributed by atoms with Crippen LogP contribution in [0.1, 0.15) is 11.4 Å². The molecule has 0 bridgehead atoms. The Kier molecular flexibility index (Phi) is 4.13. The van der Waals surface area contributed by atoms with Crippen molar-refractivity contribution in [3.05, 3.63) is 76.4 Å². The summed E-state index contributed by atoms with van der Waals surface area (Å²) >= 11 is 12.0. The summed E-state index contributed by atoms with van der Waals surface area (Å²) in [6.45, 7) is 0. The Bertz CT molecular complexity index is 743. The van der Waals surface area contributed by atoms with Gasteiger partial charge >= 0.3 is 0 Å². The molecule has 0 aliphatic carbocycles. The first-order valence-electron chi connectivity index (χ1n) is 6.39. The zero-order chi connectivity index (χ0) is 14.7. The maximum atomic E-state index is 6.10. The Morgan fingerprint density at radius 2 is 1.76 bits per heavy atom. The second-order valence-electron chi connectivity index (χ2n) is 4.54. The molecule has 1 aromatic carbocycles. The molecule has 0 saturated heterocycles. The van der Waals surface area contributed by atoms with Crippen molar-refractivity contribution in [1.29, 1.82) is 0 Å². The lowest BCUT2D eigenvalue weighted by Crippen LogP contribution is -1.99. The van der Waals surface area contributed by atoms with E-state index in [1.54, 1.807) is 18.5 Å². The smallest absolute Gasteiger partial charge is 0.135 e. The van der Waals surface area contributed by atoms with E-state index in [1.165, 1.54) is 0 Å². The molecule has 0 aliphatic rings. The molecule has 0 N–H and O–H groups in total. The Morgan fingerprint density at radius 1 is 0.952 bits per heavy atom. The van der Waals surface area contributed by atoms with Crippen LogP contribution in [0.5, 0.6) is 0 Å². The Hall–Kier alpha value is -1.97. The molecular formula is C16H11Cl2N3. The highest BCUT2D eigenvalue weighted by Gasteiger charge is 2.07. The van der Waals surface area contributed by atoms with Crippen LogP contribution in [0, 0.1) is 0 Å². The van der Waals surface area contributed by atoms with Crippen molar-refractivity contribution in [1.82, 2.24) is 15.0 Å². The van der Waals surface area contributed by atoms with Crippen LogP contribution < -0.4 is 0 Å². The lowest BCUT2D eigenvalue weighted by atomic mass is 10.1. The Morgan fingerprint density at radius 3 is 2.48 bits per heavy atom. The molecule has 0 fully saturated rings. The van der Waals surface area contributed by atoms with Gasteiger partial charge in [-0.1, -0.05) is 35.3 Å². The fraction of sp³-hybridized carbons (Fsp3) is 0.0625. The number of pyridine rings is 1. The van der Waals surface area contributed by atoms with Crippen molar-refractivity contribution < 1.29 is 0 Å². The van der Waals surface area contributed by atoms with Gasteiger partial charge in [-0.25, -0.2) is 9.97 Å². The summed E-state index contributed by atoms with van der Waals surface area (Å²) in [5, 5.41) is 1.13. The van der Waals surface area contributed by atoms with Gasteiger partial charge in [0.2, 0.25) is 0 Å². The summed E-state index contributed by atoms with van der Waals surface area (Å²) in [5.41, 5.74) is 2.77. The monoisotopic (exact) mass is 315 g/mol. The fourth-order valence-electron chi connectivity index (χ4n) is 1.99. The average Bonchev–Trinajstić information content (AvgIpc) is 2.50. The molecule has 3 aromatic rings. The third-order valence-corrected chi connectivity index (χ3v) is 3.42. The topological polar surface area (TPSA) is 38.7 Å². The molecular weight excluding hydrogens is 305 g/mol. The SMILES string of the molecule is Clc1ccc(Cc2nc(Cl)cc(-c3cccnc3)n2)cc1. The summed E-state index contributed by atoms with van der Waals surface area (Å²) in [6.07, 6.45) is 4.08. The van der Waals surface area contributed by atoms with Crippen molar-refractivity contribution in [2.45, 2.75) is 6.42 Å². The number of benzene rings is 1. The van der Waals surface area contributed by atoms with E-state index in [0.29, 0.717) is 22.4 Å². The minimum atomic E-state index is 0.424. The molecule has 0 saturated carbocycles. The number of halogens is 2. The van der Waals surface area contributed by atoms with Gasteiger partial charge in [-0.05, 0) is 29.8 Å². The zero-order valence-electron chi connectivity index (χ0n) is 11.0. The largest absolute Gasteiger partial charge is 0.264 e. The van der Waals surface area contributed by atoms with Crippen molar-refractivity contribution in [3.8, 4) is 11.3 Å². The van der Waals surface area contributed by atoms with E-state index in [0.717, 1.165) is 16.8 Å². The van der Waals surface area contributed by atoms with E-state index in [1.807, 2.05) is 36.4 Å². The van der Waals surface area contributed by atoms with Crippen molar-refractivity contribution in [2.24, 2.45) is 0 Å². The van der Waals surface area contributed by atoms with E-state index >= 15 is 0 Å². The predicted molar refractivity (Wildman–Crippen MR) is 84.5 cm³/mol. The normalized spacial score (nSPS) is 10.6. The molecule has 0 spiro atoms. The first-order valence-corrected chi connectivity index (χ1v) is 7.14. The van der Waals surface area contributed by atoms with Crippen molar-refractivity contribution in [2.75, 3.05) is 0 Å². The molecule has 21 heavy (non-hydrogen) atoms. The van der Waals surface area contributed by atoms with Gasteiger partial charge in [-0.15, -0.1) is 0 Å². The van der Waals surface area contributed by atoms with Gasteiger partial charge in [0.1, 0.15) is 11.0 Å². The van der Waals surface area contributed by atoms with E-state index < -0.39 is 0 Å². The molecule has 2 heterocycles. The van der Waals surface area contributed by atoms with Gasteiger partial charge in [0, 0.05) is 35.5 Å². The summed E-state index contributed by atoms with van der Waals surface area (Å²) in [7, 11) is 0. The Balaban J connectivity index is 1.93. The number of aromatic nitrogens is 3. The molecule has 0 amide bonds. The maximum Gasteiger partial charge on any atom is 0.135 e. The Labute approximate surface area is 132 Å². The third kappa shape index (κ3) is 3.57. The molecule has 5 heteroatoms. The van der Waals surface area contributed by atoms with Gasteiger partial charge in [0.25, 0.3) is 0 Å². The highest BCUT2D eigenvalue weighted by atomic mass is 35.5. The predicted octanol–water partition coefficient (Wildman–Crippen LogP) is 4.44. The minimum absolute atomic E-state index is 0.424. The fourth-order valence-corrected chi connectivity index (χ4v) is 2.32. The van der Waals surface area contributed by atoms with E-state index in [4.69, 9.17) is 23.2 Å². The minimum Gasteiger partial charge on any atom is -0.264 e. The molecule has 0 radical (unpaired) electrons. The van der Waals surface area contributed by atoms with Gasteiger partial charge in [0.05, 0.1) is 5.69 Å². The molecule has 0 atom stereocenters. The van der Waals surface area contributed by atoms with Gasteiger partial charge < -0.3 is 0 Å². The quantitative estimate of drug-likeness (QED) is 0.671. The molecule has 3 nitrogen and oxygen atoms in total. The van der Waals surface area contributed by atoms with Crippen molar-refractivity contribution in [3.63, 3.8) is 0 Å². The van der Waals surface area contributed by atoms with Crippen LogP contribution in [0.15, 0.2) is 54.9 Å². The molecule has 3 rings (SSSR count). The number of rotatable bonds is 3. The lowest BCUT2D eigenvalue weighted by Gasteiger charge is -2.05. The second-order valence-corrected chi connectivity index (χ2v) is 5.36. The number of nitrogens with zero attached hydrogens (tertiary/aromatic N) is 3. The lowest BCUT2D eigenvalue weighted by molar-refractivity contribution is 0.972. The van der Waals surface area contributed by atoms with E-state index in [9.17, 15) is 0 Å². The molecule has 104 valence electrons. The van der Waals surface area contributed by atoms with Crippen LogP contribution in [-0.4, -0.2) is 15.0 Å². The standard InChI is InChI=1S/C16H11Cl2N3/c17-13-5-3-11(4-6-13)8-16-20-14(9-15(18)21-16)12-2-1-7-19-10-12/h1-7,9-10H,8H2. The highest BCUT2D eigenvalue weighted by molar-refractivity contribution is 6.30. The van der Waals surface area contributed by atoms with Crippen LogP contribution in [0.25, 0.3) is 11.3 Å². The number of hydrogen-bond donors (Lipinski definition) is 0. The summed E-state index contributed by atoms with van der Waals surface area (Å²) in [6, 6.07) is 13.2. The second kappa shape index (κ2) is 6.20. The van der Waals surface area contributed by atoms with Crippen molar-refractivity contribution >= 4 is 23.2 Å². The van der Waals surface area contributed by atoms with Crippen LogP contribution in [0.4, 0.5) is 0 Å². The molecule has 0 unspecified atom stereocenters. The summed E-state index contributed by atoms with van der Waals surface area (Å²) < 4.78 is 0. The molecule has 2 aromatic heterocycles. The molecule has 0 aliphatic heterocycles. The van der Waals surface area contributed by atoms with Gasteiger partial charge in [0.15, 0.2) is 0 Å². The first kappa shape index (κ1) is 14.0. The van der Waals surface area contributed by atoms with Gasteiger partial charge in [-0.3, -0.25) is 4.98 Å². The van der Waals surface area contributed by atoms with Gasteiger partial charge in [-0.2, -0.15) is 0 Å². The van der Waals surface area contributed by atoms with Crippen LogP contribution >= 0.6 is 23.2 Å². The maximum absolute atomic E-state index is 6.10. The number of hydrogen-bond acceptors (Lipinski definition) is 3. The first-order chi connectivity index (χ1) is 10.2. The highest BCUT2D eigenvalue weighted by Crippen LogP contribution is 2.20. The van der Waals surface area contributed by atoms with Crippen LogP contribution in [-0.2, 0) is 6.42 Å². The van der Waals surface area contributed by atoms with E-state index in [-0.39, 0.29) is 0 Å². The average molecular weight is 316 g/mol. The van der Waals surface area contributed by atoms with Crippen LogP contribution in [0.2, 0.25) is 10.2 Å². The zero-order valence-corrected chi connectivity index (χ0v) is 12.5. The van der Waals surface area contributed by atoms with E-state index in [2.05, 4.69) is 15.0 Å². The summed E-state index contributed by atoms with van der Waals surface area (Å²) in [5.74, 6) is 0.670.